The molecular weight excluding hydrogens is 378 g/mol. The number of aryl methyl sites for hydroxylation is 2. The minimum atomic E-state index is 0.738. The Kier molecular flexibility index (Phi) is 13.9. The van der Waals surface area contributed by atoms with Gasteiger partial charge in [0.2, 0.25) is 0 Å². The Labute approximate surface area is 191 Å². The molecular formula is C28H45N3. The van der Waals surface area contributed by atoms with Crippen molar-refractivity contribution in [3.8, 4) is 11.5 Å². The average molecular weight is 424 g/mol. The van der Waals surface area contributed by atoms with Crippen molar-refractivity contribution < 1.29 is 0 Å². The van der Waals surface area contributed by atoms with Gasteiger partial charge in [0, 0.05) is 18.6 Å². The first-order valence-electron chi connectivity index (χ1n) is 13.1. The third kappa shape index (κ3) is 11.4. The molecule has 3 nitrogen and oxygen atoms in total. The number of nitrogens with zero attached hydrogens (tertiary/aromatic N) is 3. The molecule has 0 fully saturated rings. The quantitative estimate of drug-likeness (QED) is 0.225. The smallest absolute Gasteiger partial charge is 0.178 e. The van der Waals surface area contributed by atoms with Gasteiger partial charge >= 0.3 is 0 Å². The molecule has 0 saturated carbocycles. The van der Waals surface area contributed by atoms with Crippen LogP contribution in [0.25, 0.3) is 11.5 Å². The highest BCUT2D eigenvalue weighted by Gasteiger charge is 2.04. The first-order chi connectivity index (χ1) is 15.3. The van der Waals surface area contributed by atoms with E-state index in [2.05, 4.69) is 40.9 Å². The van der Waals surface area contributed by atoms with Crippen LogP contribution in [0.4, 0.5) is 0 Å². The summed E-state index contributed by atoms with van der Waals surface area (Å²) in [6.07, 6.45) is 28.4. The van der Waals surface area contributed by atoms with Crippen molar-refractivity contribution in [3.63, 3.8) is 0 Å². The van der Waals surface area contributed by atoms with E-state index in [4.69, 9.17) is 0 Å². The van der Waals surface area contributed by atoms with Gasteiger partial charge in [-0.25, -0.2) is 9.97 Å². The van der Waals surface area contributed by atoms with E-state index < -0.39 is 0 Å². The Morgan fingerprint density at radius 3 is 1.42 bits per heavy atom. The van der Waals surface area contributed by atoms with E-state index >= 15 is 0 Å². The van der Waals surface area contributed by atoms with Gasteiger partial charge in [-0.05, 0) is 42.9 Å². The van der Waals surface area contributed by atoms with Crippen molar-refractivity contribution >= 4 is 0 Å². The molecule has 0 radical (unpaired) electrons. The maximum Gasteiger partial charge on any atom is 0.178 e. The zero-order valence-electron chi connectivity index (χ0n) is 20.2. The van der Waals surface area contributed by atoms with Crippen molar-refractivity contribution in [1.82, 2.24) is 15.0 Å². The standard InChI is InChI=1S/C28H45N3/c1-3-5-7-9-11-13-14-16-18-25-20-21-27(29-22-25)28-30-23-26(24-31-28)19-17-15-12-10-8-6-4-2/h20-24H,3-19H2,1-2H3. The van der Waals surface area contributed by atoms with Crippen LogP contribution < -0.4 is 0 Å². The fraction of sp³-hybridized carbons (Fsp3) is 0.679. The Morgan fingerprint density at radius 2 is 0.935 bits per heavy atom. The number of pyridine rings is 1. The highest BCUT2D eigenvalue weighted by molar-refractivity contribution is 5.48. The number of hydrogen-bond acceptors (Lipinski definition) is 3. The molecule has 0 aliphatic rings. The summed E-state index contributed by atoms with van der Waals surface area (Å²) in [6, 6.07) is 4.27. The lowest BCUT2D eigenvalue weighted by Gasteiger charge is -2.05. The number of unbranched alkanes of at least 4 members (excludes halogenated alkanes) is 13. The lowest BCUT2D eigenvalue weighted by molar-refractivity contribution is 0.575. The van der Waals surface area contributed by atoms with Crippen molar-refractivity contribution in [3.05, 3.63) is 41.9 Å². The molecule has 3 heteroatoms. The zero-order valence-corrected chi connectivity index (χ0v) is 20.2. The van der Waals surface area contributed by atoms with Gasteiger partial charge in [-0.3, -0.25) is 4.98 Å². The molecule has 0 aliphatic carbocycles. The molecule has 0 amide bonds. The van der Waals surface area contributed by atoms with Crippen LogP contribution >= 0.6 is 0 Å². The highest BCUT2D eigenvalue weighted by atomic mass is 14.9. The summed E-state index contributed by atoms with van der Waals surface area (Å²) in [5.41, 5.74) is 3.44. The summed E-state index contributed by atoms with van der Waals surface area (Å²) in [5.74, 6) is 0.738. The Balaban J connectivity index is 1.63. The van der Waals surface area contributed by atoms with Gasteiger partial charge in [0.05, 0.1) is 0 Å². The summed E-state index contributed by atoms with van der Waals surface area (Å²) in [4.78, 5) is 13.7. The zero-order chi connectivity index (χ0) is 22.0. The van der Waals surface area contributed by atoms with E-state index in [0.29, 0.717) is 0 Å². The second-order valence-electron chi connectivity index (χ2n) is 9.06. The molecule has 0 unspecified atom stereocenters. The second-order valence-corrected chi connectivity index (χ2v) is 9.06. The van der Waals surface area contributed by atoms with E-state index in [1.165, 1.54) is 107 Å². The molecule has 0 spiro atoms. The van der Waals surface area contributed by atoms with E-state index in [1.807, 2.05) is 18.6 Å². The fourth-order valence-electron chi connectivity index (χ4n) is 4.07. The highest BCUT2D eigenvalue weighted by Crippen LogP contribution is 2.16. The third-order valence-corrected chi connectivity index (χ3v) is 6.15. The Morgan fingerprint density at radius 1 is 0.484 bits per heavy atom. The first kappa shape index (κ1) is 25.5. The van der Waals surface area contributed by atoms with Crippen LogP contribution in [0, 0.1) is 0 Å². The normalized spacial score (nSPS) is 11.2. The predicted molar refractivity (Wildman–Crippen MR) is 133 cm³/mol. The van der Waals surface area contributed by atoms with Gasteiger partial charge in [0.1, 0.15) is 5.69 Å². The molecule has 172 valence electrons. The molecule has 2 rings (SSSR count). The van der Waals surface area contributed by atoms with E-state index in [0.717, 1.165) is 24.4 Å². The number of hydrogen-bond donors (Lipinski definition) is 0. The van der Waals surface area contributed by atoms with Gasteiger partial charge in [0.15, 0.2) is 5.82 Å². The molecule has 2 heterocycles. The first-order valence-corrected chi connectivity index (χ1v) is 13.1. The lowest BCUT2D eigenvalue weighted by Crippen LogP contribution is -1.96. The van der Waals surface area contributed by atoms with Crippen LogP contribution in [0.5, 0.6) is 0 Å². The SMILES string of the molecule is CCCCCCCCCCc1ccc(-c2ncc(CCCCCCCCC)cn2)nc1. The summed E-state index contributed by atoms with van der Waals surface area (Å²) in [6.45, 7) is 4.55. The largest absolute Gasteiger partial charge is 0.253 e. The lowest BCUT2D eigenvalue weighted by atomic mass is 10.0. The molecule has 0 saturated heterocycles. The van der Waals surface area contributed by atoms with Gasteiger partial charge in [-0.1, -0.05) is 103 Å². The molecule has 2 aromatic rings. The third-order valence-electron chi connectivity index (χ3n) is 6.15. The number of aromatic nitrogens is 3. The average Bonchev–Trinajstić information content (AvgIpc) is 2.81. The molecule has 2 aromatic heterocycles. The summed E-state index contributed by atoms with van der Waals surface area (Å²) in [5, 5.41) is 0. The molecule has 0 bridgehead atoms. The van der Waals surface area contributed by atoms with Gasteiger partial charge in [0.25, 0.3) is 0 Å². The minimum Gasteiger partial charge on any atom is -0.253 e. The Bertz CT molecular complexity index is 664. The Hall–Kier alpha value is -1.77. The van der Waals surface area contributed by atoms with Crippen molar-refractivity contribution in [1.29, 1.82) is 0 Å². The van der Waals surface area contributed by atoms with Crippen LogP contribution in [-0.4, -0.2) is 15.0 Å². The molecule has 31 heavy (non-hydrogen) atoms. The van der Waals surface area contributed by atoms with E-state index in [9.17, 15) is 0 Å². The predicted octanol–water partition coefficient (Wildman–Crippen LogP) is 8.51. The molecule has 0 atom stereocenters. The van der Waals surface area contributed by atoms with Crippen LogP contribution in [0.2, 0.25) is 0 Å². The minimum absolute atomic E-state index is 0.738. The van der Waals surface area contributed by atoms with Gasteiger partial charge in [-0.2, -0.15) is 0 Å². The summed E-state index contributed by atoms with van der Waals surface area (Å²) >= 11 is 0. The summed E-state index contributed by atoms with van der Waals surface area (Å²) in [7, 11) is 0. The summed E-state index contributed by atoms with van der Waals surface area (Å²) < 4.78 is 0. The van der Waals surface area contributed by atoms with Crippen LogP contribution in [0.3, 0.4) is 0 Å². The molecule has 0 aliphatic heterocycles. The second kappa shape index (κ2) is 16.9. The van der Waals surface area contributed by atoms with Gasteiger partial charge in [-0.15, -0.1) is 0 Å². The van der Waals surface area contributed by atoms with Crippen molar-refractivity contribution in [2.75, 3.05) is 0 Å². The van der Waals surface area contributed by atoms with Crippen molar-refractivity contribution in [2.45, 2.75) is 123 Å². The molecule has 0 N–H and O–H groups in total. The van der Waals surface area contributed by atoms with Crippen molar-refractivity contribution in [2.24, 2.45) is 0 Å². The fourth-order valence-corrected chi connectivity index (χ4v) is 4.07. The van der Waals surface area contributed by atoms with E-state index in [1.54, 1.807) is 0 Å². The van der Waals surface area contributed by atoms with Crippen LogP contribution in [0.1, 0.15) is 121 Å². The molecule has 0 aromatic carbocycles. The monoisotopic (exact) mass is 423 g/mol. The van der Waals surface area contributed by atoms with Crippen LogP contribution in [0.15, 0.2) is 30.7 Å². The maximum absolute atomic E-state index is 4.61. The maximum atomic E-state index is 4.61. The van der Waals surface area contributed by atoms with E-state index in [-0.39, 0.29) is 0 Å². The topological polar surface area (TPSA) is 38.7 Å². The van der Waals surface area contributed by atoms with Gasteiger partial charge < -0.3 is 0 Å². The number of rotatable bonds is 18. The van der Waals surface area contributed by atoms with Crippen LogP contribution in [-0.2, 0) is 12.8 Å².